The molecule has 2 atom stereocenters. The van der Waals surface area contributed by atoms with E-state index in [9.17, 15) is 18.1 Å². The molecule has 0 saturated heterocycles. The van der Waals surface area contributed by atoms with Crippen LogP contribution in [0.15, 0.2) is 0 Å². The van der Waals surface area contributed by atoms with Gasteiger partial charge in [0, 0.05) is 5.25 Å². The number of aliphatic hydroxyl groups is 1. The van der Waals surface area contributed by atoms with Gasteiger partial charge >= 0.3 is 51.4 Å². The smallest absolute Gasteiger partial charge is 0.748 e. The maximum Gasteiger partial charge on any atom is 1.00 e. The summed E-state index contributed by atoms with van der Waals surface area (Å²) in [6, 6.07) is 0. The number of aliphatic hydroxyl groups excluding tert-OH is 1. The second-order valence-electron chi connectivity index (χ2n) is 7.79. The van der Waals surface area contributed by atoms with Gasteiger partial charge in [0.15, 0.2) is 0 Å². The Morgan fingerprint density at radius 2 is 1.07 bits per heavy atom. The van der Waals surface area contributed by atoms with Crippen molar-refractivity contribution in [2.45, 2.75) is 134 Å². The van der Waals surface area contributed by atoms with Crippen molar-refractivity contribution in [3.63, 3.8) is 0 Å². The Balaban J connectivity index is 0. The van der Waals surface area contributed by atoms with Gasteiger partial charge in [-0.15, -0.1) is 0 Å². The number of hydrogen-bond acceptors (Lipinski definition) is 4. The summed E-state index contributed by atoms with van der Waals surface area (Å²) in [5, 5.41) is 8.98. The summed E-state index contributed by atoms with van der Waals surface area (Å²) in [6.45, 7) is 3.89. The molecule has 1 N–H and O–H groups in total. The van der Waals surface area contributed by atoms with Crippen LogP contribution in [0.4, 0.5) is 0 Å². The van der Waals surface area contributed by atoms with Crippen LogP contribution in [-0.4, -0.2) is 29.4 Å². The molecule has 0 aliphatic rings. The maximum atomic E-state index is 11.0. The van der Waals surface area contributed by atoms with Crippen molar-refractivity contribution in [2.75, 3.05) is 0 Å². The molecule has 0 spiro atoms. The van der Waals surface area contributed by atoms with Gasteiger partial charge < -0.3 is 9.66 Å². The van der Waals surface area contributed by atoms with Gasteiger partial charge in [-0.1, -0.05) is 97.3 Å². The minimum absolute atomic E-state index is 0. The molecule has 0 aromatic heterocycles. The molecule has 158 valence electrons. The van der Waals surface area contributed by atoms with Gasteiger partial charge in [-0.3, -0.25) is 0 Å². The second kappa shape index (κ2) is 20.8. The Labute approximate surface area is 211 Å². The van der Waals surface area contributed by atoms with Gasteiger partial charge in [-0.05, 0) is 25.7 Å². The number of rotatable bonds is 19. The summed E-state index contributed by atoms with van der Waals surface area (Å²) >= 11 is 0. The average molecular weight is 431 g/mol. The predicted molar refractivity (Wildman–Crippen MR) is 109 cm³/mol. The van der Waals surface area contributed by atoms with Crippen LogP contribution in [-0.2, 0) is 10.1 Å². The largest absolute Gasteiger partial charge is 1.00 e. The molecule has 0 heterocycles. The van der Waals surface area contributed by atoms with E-state index < -0.39 is 15.4 Å². The van der Waals surface area contributed by atoms with Crippen LogP contribution in [0, 0.1) is 0 Å². The molecule has 0 saturated carbocycles. The zero-order valence-electron chi connectivity index (χ0n) is 18.3. The summed E-state index contributed by atoms with van der Waals surface area (Å²) in [5.41, 5.74) is 0. The molecule has 0 aliphatic heterocycles. The normalized spacial score (nSPS) is 13.9. The molecule has 0 aromatic carbocycles. The molecule has 0 rings (SSSR count). The van der Waals surface area contributed by atoms with Crippen molar-refractivity contribution in [1.29, 1.82) is 0 Å². The molecule has 4 nitrogen and oxygen atoms in total. The molecule has 0 aromatic rings. The van der Waals surface area contributed by atoms with Gasteiger partial charge in [0.2, 0.25) is 0 Å². The van der Waals surface area contributed by atoms with E-state index in [1.54, 1.807) is 6.92 Å². The van der Waals surface area contributed by atoms with Gasteiger partial charge in [0.05, 0.1) is 16.2 Å². The number of hydrogen-bond donors (Lipinski definition) is 1. The Morgan fingerprint density at radius 1 is 0.704 bits per heavy atom. The SMILES string of the molecule is CCCC(O)CCCCCCCCCCCCCCC(CC)S(=O)(=O)[O-].[K+]. The van der Waals surface area contributed by atoms with Gasteiger partial charge in [0.25, 0.3) is 0 Å². The third kappa shape index (κ3) is 20.6. The molecule has 6 heteroatoms. The van der Waals surface area contributed by atoms with Crippen molar-refractivity contribution >= 4 is 10.1 Å². The van der Waals surface area contributed by atoms with Crippen LogP contribution in [0.1, 0.15) is 123 Å². The van der Waals surface area contributed by atoms with Crippen molar-refractivity contribution in [3.8, 4) is 0 Å². The minimum Gasteiger partial charge on any atom is -0.748 e. The Morgan fingerprint density at radius 3 is 1.41 bits per heavy atom. The monoisotopic (exact) mass is 430 g/mol. The van der Waals surface area contributed by atoms with Gasteiger partial charge in [0.1, 0.15) is 0 Å². The van der Waals surface area contributed by atoms with Gasteiger partial charge in [-0.2, -0.15) is 0 Å². The fourth-order valence-corrected chi connectivity index (χ4v) is 4.41. The third-order valence-electron chi connectivity index (χ3n) is 5.30. The molecule has 0 aliphatic carbocycles. The van der Waals surface area contributed by atoms with Crippen LogP contribution in [0.25, 0.3) is 0 Å². The molecular weight excluding hydrogens is 387 g/mol. The Hall–Kier alpha value is 1.51. The van der Waals surface area contributed by atoms with Crippen LogP contribution in [0.2, 0.25) is 0 Å². The molecule has 0 radical (unpaired) electrons. The summed E-state index contributed by atoms with van der Waals surface area (Å²) in [6.07, 6.45) is 18.3. The standard InChI is InChI=1S/C21H44O4S.K/c1-3-17-20(22)18-15-13-11-9-7-5-6-8-10-12-14-16-19-21(4-2)26(23,24)25;/h20-22H,3-19H2,1-2H3,(H,23,24,25);/q;+1/p-1. The summed E-state index contributed by atoms with van der Waals surface area (Å²) in [5.74, 6) is 0. The minimum atomic E-state index is -4.10. The fraction of sp³-hybridized carbons (Fsp3) is 1.00. The predicted octanol–water partition coefficient (Wildman–Crippen LogP) is 2.94. The Kier molecular flexibility index (Phi) is 23.6. The topological polar surface area (TPSA) is 77.4 Å². The van der Waals surface area contributed by atoms with E-state index >= 15 is 0 Å². The average Bonchev–Trinajstić information content (AvgIpc) is 2.57. The molecule has 27 heavy (non-hydrogen) atoms. The molecular formula is C21H43KO4S. The maximum absolute atomic E-state index is 11.0. The van der Waals surface area contributed by atoms with E-state index in [-0.39, 0.29) is 57.5 Å². The first-order chi connectivity index (χ1) is 12.4. The first kappa shape index (κ1) is 30.7. The summed E-state index contributed by atoms with van der Waals surface area (Å²) < 4.78 is 33.0. The van der Waals surface area contributed by atoms with Gasteiger partial charge in [-0.25, -0.2) is 8.42 Å². The van der Waals surface area contributed by atoms with Crippen molar-refractivity contribution < 1.29 is 69.5 Å². The van der Waals surface area contributed by atoms with E-state index in [0.29, 0.717) is 12.8 Å². The summed E-state index contributed by atoms with van der Waals surface area (Å²) in [7, 11) is -4.10. The fourth-order valence-electron chi connectivity index (χ4n) is 3.55. The van der Waals surface area contributed by atoms with Crippen LogP contribution in [0.5, 0.6) is 0 Å². The van der Waals surface area contributed by atoms with Crippen molar-refractivity contribution in [2.24, 2.45) is 0 Å². The molecule has 2 unspecified atom stereocenters. The van der Waals surface area contributed by atoms with Crippen LogP contribution >= 0.6 is 0 Å². The van der Waals surface area contributed by atoms with E-state index in [0.717, 1.165) is 44.9 Å². The molecule has 0 bridgehead atoms. The van der Waals surface area contributed by atoms with Crippen molar-refractivity contribution in [1.82, 2.24) is 0 Å². The summed E-state index contributed by atoms with van der Waals surface area (Å²) in [4.78, 5) is 0. The van der Waals surface area contributed by atoms with E-state index in [4.69, 9.17) is 0 Å². The number of unbranched alkanes of at least 4 members (excludes halogenated alkanes) is 11. The quantitative estimate of drug-likeness (QED) is 0.194. The van der Waals surface area contributed by atoms with E-state index in [1.807, 2.05) is 0 Å². The van der Waals surface area contributed by atoms with Crippen molar-refractivity contribution in [3.05, 3.63) is 0 Å². The zero-order valence-corrected chi connectivity index (χ0v) is 22.2. The van der Waals surface area contributed by atoms with E-state index in [2.05, 4.69) is 6.92 Å². The Bertz CT molecular complexity index is 401. The first-order valence-electron chi connectivity index (χ1n) is 11.0. The van der Waals surface area contributed by atoms with Crippen LogP contribution < -0.4 is 51.4 Å². The van der Waals surface area contributed by atoms with Crippen LogP contribution in [0.3, 0.4) is 0 Å². The molecule has 0 fully saturated rings. The zero-order chi connectivity index (χ0) is 19.7. The van der Waals surface area contributed by atoms with E-state index in [1.165, 1.54) is 51.4 Å². The first-order valence-corrected chi connectivity index (χ1v) is 12.5. The molecule has 0 amide bonds. The third-order valence-corrected chi connectivity index (χ3v) is 6.68. The second-order valence-corrected chi connectivity index (χ2v) is 9.44.